The van der Waals surface area contributed by atoms with Gasteiger partial charge in [0, 0.05) is 0 Å². The molecule has 0 radical (unpaired) electrons. The van der Waals surface area contributed by atoms with E-state index in [1.54, 1.807) is 0 Å². The van der Waals surface area contributed by atoms with Gasteiger partial charge in [-0.05, 0) is 11.1 Å². The summed E-state index contributed by atoms with van der Waals surface area (Å²) in [7, 11) is 0. The first-order valence-electron chi connectivity index (χ1n) is 7.96. The molecule has 0 aliphatic heterocycles. The first-order valence-corrected chi connectivity index (χ1v) is 7.96. The Balaban J connectivity index is 1.90. The van der Waals surface area contributed by atoms with E-state index in [-0.39, 0.29) is 6.61 Å². The van der Waals surface area contributed by atoms with Crippen LogP contribution in [0, 0.1) is 0 Å². The van der Waals surface area contributed by atoms with E-state index in [1.165, 1.54) is 6.08 Å². The fourth-order valence-corrected chi connectivity index (χ4v) is 2.25. The van der Waals surface area contributed by atoms with Crippen molar-refractivity contribution in [2.45, 2.75) is 31.5 Å². The minimum Gasteiger partial charge on any atom is -0.387 e. The van der Waals surface area contributed by atoms with Crippen molar-refractivity contribution in [1.82, 2.24) is 0 Å². The second-order valence-corrected chi connectivity index (χ2v) is 5.55. The molecule has 0 saturated carbocycles. The molecule has 24 heavy (non-hydrogen) atoms. The predicted molar refractivity (Wildman–Crippen MR) is 93.3 cm³/mol. The van der Waals surface area contributed by atoms with Crippen LogP contribution in [0.2, 0.25) is 0 Å². The van der Waals surface area contributed by atoms with Crippen molar-refractivity contribution in [2.75, 3.05) is 6.61 Å². The molecule has 0 aliphatic carbocycles. The van der Waals surface area contributed by atoms with E-state index in [1.807, 2.05) is 60.7 Å². The monoisotopic (exact) mass is 328 g/mol. The van der Waals surface area contributed by atoms with Crippen molar-refractivity contribution in [3.63, 3.8) is 0 Å². The highest BCUT2D eigenvalue weighted by Crippen LogP contribution is 2.12. The van der Waals surface area contributed by atoms with Crippen LogP contribution in [-0.4, -0.2) is 35.1 Å². The van der Waals surface area contributed by atoms with Gasteiger partial charge >= 0.3 is 0 Å². The summed E-state index contributed by atoms with van der Waals surface area (Å²) >= 11 is 0. The van der Waals surface area contributed by atoms with Gasteiger partial charge in [-0.3, -0.25) is 0 Å². The van der Waals surface area contributed by atoms with Crippen LogP contribution in [0.15, 0.2) is 73.3 Å². The SMILES string of the molecule is C=C[C@H](O)[C@H](O)[C@H](COCc1ccccc1)OCc1ccccc1. The third-order valence-electron chi connectivity index (χ3n) is 3.67. The average Bonchev–Trinajstić information content (AvgIpc) is 2.65. The molecular weight excluding hydrogens is 304 g/mol. The van der Waals surface area contributed by atoms with Crippen molar-refractivity contribution in [1.29, 1.82) is 0 Å². The fourth-order valence-electron chi connectivity index (χ4n) is 2.25. The lowest BCUT2D eigenvalue weighted by atomic mass is 10.1. The first kappa shape index (κ1) is 18.4. The molecule has 4 nitrogen and oxygen atoms in total. The lowest BCUT2D eigenvalue weighted by molar-refractivity contribution is -0.115. The summed E-state index contributed by atoms with van der Waals surface area (Å²) < 4.78 is 11.4. The van der Waals surface area contributed by atoms with Gasteiger partial charge in [0.2, 0.25) is 0 Å². The molecule has 0 unspecified atom stereocenters. The Morgan fingerprint density at radius 2 is 1.42 bits per heavy atom. The number of hydrogen-bond acceptors (Lipinski definition) is 4. The molecular formula is C20H24O4. The standard InChI is InChI=1S/C20H24O4/c1-2-18(21)20(22)19(24-14-17-11-7-4-8-12-17)15-23-13-16-9-5-3-6-10-16/h2-12,18-22H,1,13-15H2/t18-,19-,20-/m0/s1. The maximum absolute atomic E-state index is 10.2. The molecule has 128 valence electrons. The molecule has 0 fully saturated rings. The van der Waals surface area contributed by atoms with Gasteiger partial charge in [0.1, 0.15) is 18.3 Å². The normalized spacial score (nSPS) is 14.8. The summed E-state index contributed by atoms with van der Waals surface area (Å²) in [6.45, 7) is 4.43. The van der Waals surface area contributed by atoms with Crippen LogP contribution in [0.25, 0.3) is 0 Å². The molecule has 0 amide bonds. The smallest absolute Gasteiger partial charge is 0.112 e. The van der Waals surface area contributed by atoms with Gasteiger partial charge in [0.05, 0.1) is 19.8 Å². The highest BCUT2D eigenvalue weighted by atomic mass is 16.5. The Bertz CT molecular complexity index is 585. The molecule has 2 aromatic rings. The van der Waals surface area contributed by atoms with Crippen molar-refractivity contribution in [2.24, 2.45) is 0 Å². The number of hydrogen-bond donors (Lipinski definition) is 2. The van der Waals surface area contributed by atoms with E-state index in [0.29, 0.717) is 13.2 Å². The van der Waals surface area contributed by atoms with Crippen LogP contribution in [0.3, 0.4) is 0 Å². The van der Waals surface area contributed by atoms with Crippen molar-refractivity contribution in [3.05, 3.63) is 84.4 Å². The summed E-state index contributed by atoms with van der Waals surface area (Å²) in [5.74, 6) is 0. The van der Waals surface area contributed by atoms with E-state index in [4.69, 9.17) is 9.47 Å². The van der Waals surface area contributed by atoms with Crippen LogP contribution in [0.1, 0.15) is 11.1 Å². The Morgan fingerprint density at radius 3 is 1.96 bits per heavy atom. The molecule has 0 bridgehead atoms. The number of aliphatic hydroxyl groups excluding tert-OH is 2. The maximum Gasteiger partial charge on any atom is 0.112 e. The Morgan fingerprint density at radius 1 is 0.875 bits per heavy atom. The molecule has 2 N–H and O–H groups in total. The van der Waals surface area contributed by atoms with E-state index in [9.17, 15) is 10.2 Å². The van der Waals surface area contributed by atoms with Gasteiger partial charge in [-0.15, -0.1) is 6.58 Å². The van der Waals surface area contributed by atoms with Crippen LogP contribution in [-0.2, 0) is 22.7 Å². The zero-order valence-electron chi connectivity index (χ0n) is 13.6. The van der Waals surface area contributed by atoms with Crippen molar-refractivity contribution >= 4 is 0 Å². The zero-order chi connectivity index (χ0) is 17.2. The van der Waals surface area contributed by atoms with Crippen LogP contribution < -0.4 is 0 Å². The van der Waals surface area contributed by atoms with Gasteiger partial charge < -0.3 is 19.7 Å². The van der Waals surface area contributed by atoms with Gasteiger partial charge in [-0.1, -0.05) is 66.7 Å². The van der Waals surface area contributed by atoms with E-state index >= 15 is 0 Å². The Kier molecular flexibility index (Phi) is 7.65. The molecule has 0 saturated heterocycles. The largest absolute Gasteiger partial charge is 0.387 e. The second kappa shape index (κ2) is 10.0. The molecule has 4 heteroatoms. The third-order valence-corrected chi connectivity index (χ3v) is 3.67. The summed E-state index contributed by atoms with van der Waals surface area (Å²) in [6.07, 6.45) is -1.52. The maximum atomic E-state index is 10.2. The quantitative estimate of drug-likeness (QED) is 0.659. The van der Waals surface area contributed by atoms with Gasteiger partial charge in [0.15, 0.2) is 0 Å². The summed E-state index contributed by atoms with van der Waals surface area (Å²) in [5.41, 5.74) is 2.03. The number of ether oxygens (including phenoxy) is 2. The molecule has 0 aliphatic rings. The number of aliphatic hydroxyl groups is 2. The fraction of sp³-hybridized carbons (Fsp3) is 0.300. The molecule has 0 heterocycles. The lowest BCUT2D eigenvalue weighted by Gasteiger charge is -2.25. The Hall–Kier alpha value is -1.98. The third kappa shape index (κ3) is 5.91. The average molecular weight is 328 g/mol. The first-order chi connectivity index (χ1) is 11.7. The minimum atomic E-state index is -1.10. The molecule has 3 atom stereocenters. The predicted octanol–water partition coefficient (Wildman–Crippen LogP) is 2.70. The number of rotatable bonds is 10. The van der Waals surface area contributed by atoms with Gasteiger partial charge in [-0.2, -0.15) is 0 Å². The summed E-state index contributed by atoms with van der Waals surface area (Å²) in [6, 6.07) is 19.4. The Labute approximate surface area is 143 Å². The van der Waals surface area contributed by atoms with Crippen molar-refractivity contribution < 1.29 is 19.7 Å². The summed E-state index contributed by atoms with van der Waals surface area (Å²) in [4.78, 5) is 0. The molecule has 0 spiro atoms. The van der Waals surface area contributed by atoms with Gasteiger partial charge in [0.25, 0.3) is 0 Å². The summed E-state index contributed by atoms with van der Waals surface area (Å²) in [5, 5.41) is 20.0. The molecule has 2 rings (SSSR count). The van der Waals surface area contributed by atoms with Crippen molar-refractivity contribution in [3.8, 4) is 0 Å². The van der Waals surface area contributed by atoms with Crippen LogP contribution in [0.4, 0.5) is 0 Å². The lowest BCUT2D eigenvalue weighted by Crippen LogP contribution is -2.41. The molecule has 2 aromatic carbocycles. The zero-order valence-corrected chi connectivity index (χ0v) is 13.6. The highest BCUT2D eigenvalue weighted by Gasteiger charge is 2.25. The molecule has 0 aromatic heterocycles. The highest BCUT2D eigenvalue weighted by molar-refractivity contribution is 5.14. The van der Waals surface area contributed by atoms with E-state index in [2.05, 4.69) is 6.58 Å². The minimum absolute atomic E-state index is 0.174. The van der Waals surface area contributed by atoms with Crippen LogP contribution >= 0.6 is 0 Å². The van der Waals surface area contributed by atoms with E-state index in [0.717, 1.165) is 11.1 Å². The number of benzene rings is 2. The second-order valence-electron chi connectivity index (χ2n) is 5.55. The van der Waals surface area contributed by atoms with E-state index < -0.39 is 18.3 Å². The topological polar surface area (TPSA) is 58.9 Å². The van der Waals surface area contributed by atoms with Gasteiger partial charge in [-0.25, -0.2) is 0 Å². The van der Waals surface area contributed by atoms with Crippen LogP contribution in [0.5, 0.6) is 0 Å².